The summed E-state index contributed by atoms with van der Waals surface area (Å²) >= 11 is 0. The highest BCUT2D eigenvalue weighted by atomic mass is 16.3. The van der Waals surface area contributed by atoms with Gasteiger partial charge in [-0.1, -0.05) is 6.07 Å². The summed E-state index contributed by atoms with van der Waals surface area (Å²) in [6.07, 6.45) is 1.40. The molecule has 0 saturated carbocycles. The molecule has 96 valence electrons. The zero-order valence-electron chi connectivity index (χ0n) is 9.32. The second-order valence-electron chi connectivity index (χ2n) is 3.33. The Morgan fingerprint density at radius 2 is 2.05 bits per heavy atom. The fourth-order valence-electron chi connectivity index (χ4n) is 1.20. The number of pyridine rings is 1. The number of aromatic hydroxyl groups is 1. The van der Waals surface area contributed by atoms with Crippen LogP contribution in [0.15, 0.2) is 44.2 Å². The minimum Gasteiger partial charge on any atom is -0.493 e. The number of H-pyrrole nitrogens is 2. The Morgan fingerprint density at radius 1 is 1.26 bits per heavy atom. The fraction of sp³-hybridized carbons (Fsp3) is 0. The first-order valence-corrected chi connectivity index (χ1v) is 5.00. The third-order valence-corrected chi connectivity index (χ3v) is 2.02. The van der Waals surface area contributed by atoms with E-state index in [-0.39, 0.29) is 5.69 Å². The van der Waals surface area contributed by atoms with Gasteiger partial charge in [0.2, 0.25) is 11.6 Å². The number of hydrogen-bond acceptors (Lipinski definition) is 6. The lowest BCUT2D eigenvalue weighted by Gasteiger charge is -1.95. The van der Waals surface area contributed by atoms with Gasteiger partial charge in [0, 0.05) is 6.20 Å². The standard InChI is InChI=1S/C10H7N5O4/c16-7(5-3-1-2-4-11-5)15-14-6-8(17)12-10(19)13-9(6)18/h1-4H,(H3,12,13,17,18,19). The van der Waals surface area contributed by atoms with E-state index >= 15 is 0 Å². The first-order valence-electron chi connectivity index (χ1n) is 5.00. The molecule has 0 atom stereocenters. The molecule has 0 fully saturated rings. The van der Waals surface area contributed by atoms with Crippen molar-refractivity contribution in [2.75, 3.05) is 0 Å². The Kier molecular flexibility index (Phi) is 3.28. The number of carbonyl (C=O) groups is 1. The van der Waals surface area contributed by atoms with E-state index in [1.54, 1.807) is 12.1 Å². The maximum atomic E-state index is 11.5. The van der Waals surface area contributed by atoms with Gasteiger partial charge in [-0.2, -0.15) is 0 Å². The van der Waals surface area contributed by atoms with Crippen molar-refractivity contribution in [3.05, 3.63) is 50.9 Å². The number of nitrogens with zero attached hydrogens (tertiary/aromatic N) is 3. The summed E-state index contributed by atoms with van der Waals surface area (Å²) in [7, 11) is 0. The van der Waals surface area contributed by atoms with Crippen LogP contribution >= 0.6 is 0 Å². The summed E-state index contributed by atoms with van der Waals surface area (Å²) in [6.45, 7) is 0. The summed E-state index contributed by atoms with van der Waals surface area (Å²) < 4.78 is 0. The number of rotatable bonds is 2. The molecule has 9 heteroatoms. The van der Waals surface area contributed by atoms with Crippen molar-refractivity contribution in [1.82, 2.24) is 15.0 Å². The van der Waals surface area contributed by atoms with Crippen LogP contribution in [0.3, 0.4) is 0 Å². The normalized spacial score (nSPS) is 10.7. The van der Waals surface area contributed by atoms with Crippen LogP contribution in [0, 0.1) is 0 Å². The summed E-state index contributed by atoms with van der Waals surface area (Å²) in [5, 5.41) is 15.8. The Balaban J connectivity index is 2.32. The fourth-order valence-corrected chi connectivity index (χ4v) is 1.20. The van der Waals surface area contributed by atoms with E-state index < -0.39 is 28.7 Å². The van der Waals surface area contributed by atoms with Crippen LogP contribution in [-0.4, -0.2) is 26.0 Å². The van der Waals surface area contributed by atoms with Crippen LogP contribution in [0.4, 0.5) is 5.69 Å². The molecule has 2 aromatic heterocycles. The van der Waals surface area contributed by atoms with Crippen molar-refractivity contribution in [3.63, 3.8) is 0 Å². The molecule has 9 nitrogen and oxygen atoms in total. The predicted molar refractivity (Wildman–Crippen MR) is 62.4 cm³/mol. The van der Waals surface area contributed by atoms with Gasteiger partial charge in [0.25, 0.3) is 5.56 Å². The van der Waals surface area contributed by atoms with E-state index in [4.69, 9.17) is 0 Å². The van der Waals surface area contributed by atoms with Crippen LogP contribution < -0.4 is 11.2 Å². The van der Waals surface area contributed by atoms with Crippen molar-refractivity contribution in [2.45, 2.75) is 0 Å². The van der Waals surface area contributed by atoms with Gasteiger partial charge in [-0.05, 0) is 12.1 Å². The molecular weight excluding hydrogens is 254 g/mol. The Morgan fingerprint density at radius 3 is 2.68 bits per heavy atom. The highest BCUT2D eigenvalue weighted by molar-refractivity contribution is 5.92. The Bertz CT molecular complexity index is 747. The van der Waals surface area contributed by atoms with Crippen molar-refractivity contribution in [2.24, 2.45) is 10.2 Å². The third-order valence-electron chi connectivity index (χ3n) is 2.02. The Hall–Kier alpha value is -3.10. The maximum Gasteiger partial charge on any atom is 0.328 e. The number of carbonyl (C=O) groups excluding carboxylic acids is 1. The summed E-state index contributed by atoms with van der Waals surface area (Å²) in [5.41, 5.74) is -2.38. The van der Waals surface area contributed by atoms with E-state index in [1.165, 1.54) is 12.3 Å². The molecule has 0 unspecified atom stereocenters. The molecule has 0 radical (unpaired) electrons. The van der Waals surface area contributed by atoms with Crippen molar-refractivity contribution in [1.29, 1.82) is 0 Å². The van der Waals surface area contributed by atoms with Gasteiger partial charge in [-0.15, -0.1) is 10.2 Å². The smallest absolute Gasteiger partial charge is 0.328 e. The minimum absolute atomic E-state index is 0.0339. The molecule has 0 aliphatic heterocycles. The first-order chi connectivity index (χ1) is 9.08. The lowest BCUT2D eigenvalue weighted by atomic mass is 10.3. The van der Waals surface area contributed by atoms with Gasteiger partial charge >= 0.3 is 11.6 Å². The van der Waals surface area contributed by atoms with Crippen LogP contribution in [0.25, 0.3) is 0 Å². The number of nitrogens with one attached hydrogen (secondary N) is 2. The van der Waals surface area contributed by atoms with Crippen LogP contribution in [0.5, 0.6) is 5.88 Å². The van der Waals surface area contributed by atoms with E-state index in [0.717, 1.165) is 0 Å². The lowest BCUT2D eigenvalue weighted by molar-refractivity contribution is 0.0990. The molecule has 0 saturated heterocycles. The van der Waals surface area contributed by atoms with Crippen LogP contribution in [-0.2, 0) is 0 Å². The van der Waals surface area contributed by atoms with E-state index in [0.29, 0.717) is 0 Å². The quantitative estimate of drug-likeness (QED) is 0.657. The van der Waals surface area contributed by atoms with Gasteiger partial charge in [0.15, 0.2) is 0 Å². The molecule has 19 heavy (non-hydrogen) atoms. The average molecular weight is 261 g/mol. The minimum atomic E-state index is -0.959. The second kappa shape index (κ2) is 5.04. The first kappa shape index (κ1) is 12.4. The van der Waals surface area contributed by atoms with E-state index in [2.05, 4.69) is 15.2 Å². The molecule has 2 rings (SSSR count). The van der Waals surface area contributed by atoms with E-state index in [1.807, 2.05) is 9.97 Å². The van der Waals surface area contributed by atoms with Gasteiger partial charge in [-0.3, -0.25) is 24.5 Å². The molecule has 2 aromatic rings. The van der Waals surface area contributed by atoms with Gasteiger partial charge in [0.05, 0.1) is 0 Å². The zero-order chi connectivity index (χ0) is 13.8. The van der Waals surface area contributed by atoms with E-state index in [9.17, 15) is 19.5 Å². The Labute approximate surface area is 104 Å². The number of azo groups is 1. The SMILES string of the molecule is O=C(N=Nc1c(O)[nH]c(=O)[nH]c1=O)c1ccccn1. The second-order valence-corrected chi connectivity index (χ2v) is 3.33. The number of amides is 1. The van der Waals surface area contributed by atoms with Gasteiger partial charge in [-0.25, -0.2) is 4.79 Å². The predicted octanol–water partition coefficient (Wildman–Crippen LogP) is 0.0879. The summed E-state index contributed by atoms with van der Waals surface area (Å²) in [6, 6.07) is 4.62. The van der Waals surface area contributed by atoms with Crippen molar-refractivity contribution >= 4 is 11.6 Å². The molecule has 0 aliphatic rings. The molecule has 0 aliphatic carbocycles. The molecule has 0 spiro atoms. The number of aromatic nitrogens is 3. The van der Waals surface area contributed by atoms with Gasteiger partial charge in [0.1, 0.15) is 5.69 Å². The molecular formula is C10H7N5O4. The maximum absolute atomic E-state index is 11.5. The van der Waals surface area contributed by atoms with Crippen LogP contribution in [0.2, 0.25) is 0 Å². The molecule has 3 N–H and O–H groups in total. The highest BCUT2D eigenvalue weighted by Crippen LogP contribution is 2.16. The highest BCUT2D eigenvalue weighted by Gasteiger charge is 2.09. The zero-order valence-corrected chi connectivity index (χ0v) is 9.32. The third kappa shape index (κ3) is 2.77. The van der Waals surface area contributed by atoms with Crippen molar-refractivity contribution < 1.29 is 9.90 Å². The van der Waals surface area contributed by atoms with Crippen molar-refractivity contribution in [3.8, 4) is 5.88 Å². The monoisotopic (exact) mass is 261 g/mol. The molecule has 2 heterocycles. The summed E-state index contributed by atoms with van der Waals surface area (Å²) in [5.74, 6) is -1.56. The summed E-state index contributed by atoms with van der Waals surface area (Å²) in [4.78, 5) is 41.1. The van der Waals surface area contributed by atoms with Gasteiger partial charge < -0.3 is 5.11 Å². The number of hydrogen-bond donors (Lipinski definition) is 3. The molecule has 0 aromatic carbocycles. The number of aromatic amines is 2. The molecule has 1 amide bonds. The average Bonchev–Trinajstić information content (AvgIpc) is 2.38. The van der Waals surface area contributed by atoms with Crippen LogP contribution in [0.1, 0.15) is 10.5 Å². The molecule has 0 bridgehead atoms. The largest absolute Gasteiger partial charge is 0.493 e. The lowest BCUT2D eigenvalue weighted by Crippen LogP contribution is -2.21. The topological polar surface area (TPSA) is 141 Å².